The van der Waals surface area contributed by atoms with Crippen molar-refractivity contribution in [3.63, 3.8) is 0 Å². The van der Waals surface area contributed by atoms with Gasteiger partial charge in [-0.15, -0.1) is 0 Å². The zero-order valence-electron chi connectivity index (χ0n) is 15.7. The normalized spacial score (nSPS) is 23.6. The van der Waals surface area contributed by atoms with Crippen LogP contribution in [0.3, 0.4) is 0 Å². The number of aromatic nitrogens is 2. The van der Waals surface area contributed by atoms with E-state index in [1.807, 2.05) is 0 Å². The van der Waals surface area contributed by atoms with Gasteiger partial charge in [0.2, 0.25) is 0 Å². The van der Waals surface area contributed by atoms with Gasteiger partial charge in [0.05, 0.1) is 5.56 Å². The number of carbonyl (C=O) groups is 2. The third kappa shape index (κ3) is 4.43. The molecular formula is C19H19FN2O7. The van der Waals surface area contributed by atoms with E-state index < -0.39 is 54.4 Å². The van der Waals surface area contributed by atoms with E-state index in [2.05, 4.69) is 4.98 Å². The molecule has 1 aromatic carbocycles. The molecule has 1 aliphatic heterocycles. The van der Waals surface area contributed by atoms with Crippen LogP contribution in [-0.2, 0) is 19.0 Å². The second kappa shape index (κ2) is 8.39. The number of halogens is 1. The Kier molecular flexibility index (Phi) is 5.92. The predicted molar refractivity (Wildman–Crippen MR) is 97.1 cm³/mol. The molecule has 9 nitrogen and oxygen atoms in total. The van der Waals surface area contributed by atoms with E-state index in [-0.39, 0.29) is 11.1 Å². The van der Waals surface area contributed by atoms with Crippen molar-refractivity contribution in [3.05, 3.63) is 68.5 Å². The number of nitrogens with zero attached hydrogens (tertiary/aromatic N) is 1. The largest absolute Gasteiger partial charge is 0.459 e. The molecule has 0 spiro atoms. The van der Waals surface area contributed by atoms with Crippen molar-refractivity contribution in [1.29, 1.82) is 0 Å². The van der Waals surface area contributed by atoms with Crippen LogP contribution in [0.1, 0.15) is 29.1 Å². The molecule has 154 valence electrons. The molecule has 4 atom stereocenters. The molecule has 0 bridgehead atoms. The first-order valence-electron chi connectivity index (χ1n) is 8.79. The van der Waals surface area contributed by atoms with E-state index >= 15 is 4.39 Å². The summed E-state index contributed by atoms with van der Waals surface area (Å²) in [6.45, 7) is 2.14. The van der Waals surface area contributed by atoms with Crippen molar-refractivity contribution >= 4 is 11.9 Å². The number of hydrogen-bond acceptors (Lipinski definition) is 7. The van der Waals surface area contributed by atoms with Gasteiger partial charge in [-0.05, 0) is 19.1 Å². The van der Waals surface area contributed by atoms with Crippen LogP contribution in [-0.4, -0.2) is 46.5 Å². The van der Waals surface area contributed by atoms with Crippen LogP contribution < -0.4 is 11.2 Å². The summed E-state index contributed by atoms with van der Waals surface area (Å²) in [4.78, 5) is 49.2. The summed E-state index contributed by atoms with van der Waals surface area (Å²) >= 11 is 0. The van der Waals surface area contributed by atoms with Crippen LogP contribution in [0.5, 0.6) is 0 Å². The lowest BCUT2D eigenvalue weighted by Crippen LogP contribution is -2.38. The zero-order valence-corrected chi connectivity index (χ0v) is 15.7. The van der Waals surface area contributed by atoms with Crippen LogP contribution >= 0.6 is 0 Å². The molecule has 1 aromatic heterocycles. The fourth-order valence-corrected chi connectivity index (χ4v) is 2.98. The summed E-state index contributed by atoms with van der Waals surface area (Å²) in [5.41, 5.74) is -1.03. The van der Waals surface area contributed by atoms with Crippen molar-refractivity contribution in [1.82, 2.24) is 9.55 Å². The van der Waals surface area contributed by atoms with Gasteiger partial charge in [-0.1, -0.05) is 18.2 Å². The SMILES string of the molecule is CC(=O)O[C@H]1[C@@H](F)[C@H](n2cc(C)c(=O)[nH]c2=O)O[C@@H]1COC(=O)c1ccccc1. The molecule has 3 rings (SSSR count). The summed E-state index contributed by atoms with van der Waals surface area (Å²) in [5, 5.41) is 0. The van der Waals surface area contributed by atoms with Gasteiger partial charge >= 0.3 is 17.6 Å². The quantitative estimate of drug-likeness (QED) is 0.732. The van der Waals surface area contributed by atoms with Gasteiger partial charge < -0.3 is 14.2 Å². The average molecular weight is 406 g/mol. The number of carbonyl (C=O) groups excluding carboxylic acids is 2. The summed E-state index contributed by atoms with van der Waals surface area (Å²) in [7, 11) is 0. The first-order valence-corrected chi connectivity index (χ1v) is 8.79. The minimum Gasteiger partial charge on any atom is -0.459 e. The van der Waals surface area contributed by atoms with Gasteiger partial charge in [-0.25, -0.2) is 14.0 Å². The molecule has 2 heterocycles. The minimum absolute atomic E-state index is 0.170. The third-order valence-electron chi connectivity index (χ3n) is 4.38. The molecule has 1 fully saturated rings. The first-order chi connectivity index (χ1) is 13.8. The van der Waals surface area contributed by atoms with Gasteiger partial charge in [0, 0.05) is 18.7 Å². The number of benzene rings is 1. The average Bonchev–Trinajstić information content (AvgIpc) is 2.98. The number of ether oxygens (including phenoxy) is 3. The lowest BCUT2D eigenvalue weighted by molar-refractivity contribution is -0.152. The number of H-pyrrole nitrogens is 1. The second-order valence-electron chi connectivity index (χ2n) is 6.53. The number of aryl methyl sites for hydroxylation is 1. The Balaban J connectivity index is 1.81. The molecule has 0 saturated carbocycles. The lowest BCUT2D eigenvalue weighted by atomic mass is 10.1. The van der Waals surface area contributed by atoms with Gasteiger partial charge in [0.1, 0.15) is 12.7 Å². The van der Waals surface area contributed by atoms with Crippen LogP contribution in [0.25, 0.3) is 0 Å². The first kappa shape index (κ1) is 20.5. The van der Waals surface area contributed by atoms with Crippen molar-refractivity contribution in [2.75, 3.05) is 6.61 Å². The van der Waals surface area contributed by atoms with Crippen molar-refractivity contribution < 1.29 is 28.2 Å². The van der Waals surface area contributed by atoms with Gasteiger partial charge in [-0.3, -0.25) is 19.1 Å². The molecular weight excluding hydrogens is 387 g/mol. The fourth-order valence-electron chi connectivity index (χ4n) is 2.98. The third-order valence-corrected chi connectivity index (χ3v) is 4.38. The highest BCUT2D eigenvalue weighted by molar-refractivity contribution is 5.89. The van der Waals surface area contributed by atoms with Crippen LogP contribution in [0.15, 0.2) is 46.1 Å². The topological polar surface area (TPSA) is 117 Å². The lowest BCUT2D eigenvalue weighted by Gasteiger charge is -2.18. The molecule has 0 amide bonds. The Morgan fingerprint density at radius 2 is 1.93 bits per heavy atom. The number of nitrogens with one attached hydrogen (secondary N) is 1. The number of alkyl halides is 1. The highest BCUT2D eigenvalue weighted by Crippen LogP contribution is 2.33. The Labute approximate surface area is 164 Å². The summed E-state index contributed by atoms with van der Waals surface area (Å²) in [6, 6.07) is 8.14. The summed E-state index contributed by atoms with van der Waals surface area (Å²) in [5.74, 6) is -1.42. The molecule has 10 heteroatoms. The van der Waals surface area contributed by atoms with E-state index in [0.29, 0.717) is 0 Å². The Bertz CT molecular complexity index is 1020. The maximum absolute atomic E-state index is 15.0. The summed E-state index contributed by atoms with van der Waals surface area (Å²) in [6.07, 6.45) is -4.79. The van der Waals surface area contributed by atoms with E-state index in [1.54, 1.807) is 30.3 Å². The van der Waals surface area contributed by atoms with Gasteiger partial charge in [0.25, 0.3) is 5.56 Å². The predicted octanol–water partition coefficient (Wildman–Crippen LogP) is 0.869. The smallest absolute Gasteiger partial charge is 0.338 e. The van der Waals surface area contributed by atoms with Gasteiger partial charge in [-0.2, -0.15) is 0 Å². The number of rotatable bonds is 5. The molecule has 0 radical (unpaired) electrons. The molecule has 29 heavy (non-hydrogen) atoms. The van der Waals surface area contributed by atoms with Crippen molar-refractivity contribution in [2.45, 2.75) is 38.5 Å². The monoisotopic (exact) mass is 406 g/mol. The van der Waals surface area contributed by atoms with Crippen LogP contribution in [0.2, 0.25) is 0 Å². The van der Waals surface area contributed by atoms with Crippen molar-refractivity contribution in [2.24, 2.45) is 0 Å². The molecule has 0 aliphatic carbocycles. The molecule has 2 aromatic rings. The Morgan fingerprint density at radius 1 is 1.24 bits per heavy atom. The fraction of sp³-hybridized carbons (Fsp3) is 0.368. The summed E-state index contributed by atoms with van der Waals surface area (Å²) < 4.78 is 31.6. The van der Waals surface area contributed by atoms with Crippen LogP contribution in [0.4, 0.5) is 4.39 Å². The minimum atomic E-state index is -1.93. The molecule has 1 saturated heterocycles. The molecule has 0 unspecified atom stereocenters. The molecule has 1 N–H and O–H groups in total. The van der Waals surface area contributed by atoms with E-state index in [0.717, 1.165) is 17.7 Å². The maximum Gasteiger partial charge on any atom is 0.338 e. The Hall–Kier alpha value is -3.27. The highest BCUT2D eigenvalue weighted by Gasteiger charge is 2.49. The van der Waals surface area contributed by atoms with E-state index in [1.165, 1.54) is 6.92 Å². The molecule has 1 aliphatic rings. The highest BCUT2D eigenvalue weighted by atomic mass is 19.1. The maximum atomic E-state index is 15.0. The Morgan fingerprint density at radius 3 is 2.59 bits per heavy atom. The van der Waals surface area contributed by atoms with E-state index in [4.69, 9.17) is 14.2 Å². The second-order valence-corrected chi connectivity index (χ2v) is 6.53. The van der Waals surface area contributed by atoms with E-state index in [9.17, 15) is 19.2 Å². The number of hydrogen-bond donors (Lipinski definition) is 1. The number of aromatic amines is 1. The van der Waals surface area contributed by atoms with Crippen molar-refractivity contribution in [3.8, 4) is 0 Å². The van der Waals surface area contributed by atoms with Gasteiger partial charge in [0.15, 0.2) is 18.5 Å². The zero-order chi connectivity index (χ0) is 21.1. The van der Waals surface area contributed by atoms with Crippen LogP contribution in [0, 0.1) is 6.92 Å². The number of esters is 2. The standard InChI is InChI=1S/C19H19FN2O7/c1-10-8-22(19(26)21-16(10)24)17-14(20)15(28-11(2)23)13(29-17)9-27-18(25)12-6-4-3-5-7-12/h3-8,13-15,17H,9H2,1-2H3,(H,21,24,26)/t13-,14-,15-,17-/m1/s1.